The van der Waals surface area contributed by atoms with Gasteiger partial charge in [0.25, 0.3) is 0 Å². The monoisotopic (exact) mass is 436 g/mol. The van der Waals surface area contributed by atoms with E-state index >= 15 is 0 Å². The minimum Gasteiger partial charge on any atom is -0.463 e. The molecular formula is C21H24O10. The number of carbonyl (C=O) groups excluding carboxylic acids is 4. The molecule has 1 aromatic carbocycles. The lowest BCUT2D eigenvalue weighted by Crippen LogP contribution is -2.66. The van der Waals surface area contributed by atoms with Crippen molar-refractivity contribution in [2.24, 2.45) is 0 Å². The lowest BCUT2D eigenvalue weighted by Gasteiger charge is -2.49. The number of fused-ring (bicyclic) bond motifs is 2. The number of esters is 4. The molecule has 1 saturated heterocycles. The van der Waals surface area contributed by atoms with Crippen LogP contribution < -0.4 is 0 Å². The Morgan fingerprint density at radius 1 is 0.903 bits per heavy atom. The molecule has 10 heteroatoms. The van der Waals surface area contributed by atoms with Crippen LogP contribution in [0.25, 0.3) is 0 Å². The van der Waals surface area contributed by atoms with Crippen LogP contribution in [0.1, 0.15) is 38.8 Å². The van der Waals surface area contributed by atoms with E-state index in [4.69, 9.17) is 28.4 Å². The molecule has 168 valence electrons. The van der Waals surface area contributed by atoms with Gasteiger partial charge in [-0.3, -0.25) is 19.2 Å². The quantitative estimate of drug-likeness (QED) is 0.490. The molecule has 1 fully saturated rings. The van der Waals surface area contributed by atoms with E-state index in [0.29, 0.717) is 5.56 Å². The zero-order chi connectivity index (χ0) is 22.8. The Kier molecular flexibility index (Phi) is 6.61. The van der Waals surface area contributed by atoms with Gasteiger partial charge in [-0.1, -0.05) is 24.3 Å². The smallest absolute Gasteiger partial charge is 0.303 e. The van der Waals surface area contributed by atoms with Crippen molar-refractivity contribution in [3.63, 3.8) is 0 Å². The summed E-state index contributed by atoms with van der Waals surface area (Å²) in [6.07, 6.45) is -4.89. The molecule has 0 unspecified atom stereocenters. The van der Waals surface area contributed by atoms with Crippen LogP contribution in [-0.2, 0) is 60.0 Å². The Balaban J connectivity index is 2.13. The van der Waals surface area contributed by atoms with Crippen molar-refractivity contribution in [3.05, 3.63) is 35.4 Å². The van der Waals surface area contributed by atoms with Crippen LogP contribution in [0.15, 0.2) is 24.3 Å². The Morgan fingerprint density at radius 3 is 2.13 bits per heavy atom. The zero-order valence-electron chi connectivity index (χ0n) is 17.6. The first-order valence-corrected chi connectivity index (χ1v) is 9.69. The van der Waals surface area contributed by atoms with Crippen LogP contribution in [0.4, 0.5) is 0 Å². The number of carbonyl (C=O) groups is 4. The Labute approximate surface area is 178 Å². The number of hydrogen-bond donors (Lipinski definition) is 0. The SMILES string of the molecule is CC(=O)OC[C@H]1O[C@]2(OCc3ccccc32)[C@H](OC(C)=O)[C@@H](OC(C)=O)[C@@H]1OC(C)=O. The predicted octanol–water partition coefficient (Wildman–Crippen LogP) is 1.13. The summed E-state index contributed by atoms with van der Waals surface area (Å²) < 4.78 is 33.7. The topological polar surface area (TPSA) is 124 Å². The third-order valence-electron chi connectivity index (χ3n) is 4.87. The van der Waals surface area contributed by atoms with E-state index in [-0.39, 0.29) is 13.2 Å². The van der Waals surface area contributed by atoms with Crippen molar-refractivity contribution < 1.29 is 47.6 Å². The fourth-order valence-corrected chi connectivity index (χ4v) is 3.85. The molecule has 0 N–H and O–H groups in total. The molecule has 0 radical (unpaired) electrons. The fraction of sp³-hybridized carbons (Fsp3) is 0.524. The van der Waals surface area contributed by atoms with Crippen LogP contribution >= 0.6 is 0 Å². The van der Waals surface area contributed by atoms with E-state index in [1.54, 1.807) is 12.1 Å². The highest BCUT2D eigenvalue weighted by molar-refractivity contribution is 5.69. The average molecular weight is 436 g/mol. The second kappa shape index (κ2) is 9.03. The van der Waals surface area contributed by atoms with Gasteiger partial charge in [-0.05, 0) is 5.56 Å². The molecule has 2 aliphatic rings. The Hall–Kier alpha value is -2.98. The molecule has 0 saturated carbocycles. The molecule has 10 nitrogen and oxygen atoms in total. The lowest BCUT2D eigenvalue weighted by atomic mass is 9.87. The maximum absolute atomic E-state index is 12.0. The lowest BCUT2D eigenvalue weighted by molar-refractivity contribution is -0.370. The van der Waals surface area contributed by atoms with E-state index in [1.807, 2.05) is 12.1 Å². The summed E-state index contributed by atoms with van der Waals surface area (Å²) in [6.45, 7) is 4.56. The maximum Gasteiger partial charge on any atom is 0.303 e. The molecule has 31 heavy (non-hydrogen) atoms. The molecule has 0 bridgehead atoms. The van der Waals surface area contributed by atoms with Gasteiger partial charge in [0.2, 0.25) is 11.9 Å². The van der Waals surface area contributed by atoms with Crippen LogP contribution in [0.5, 0.6) is 0 Å². The van der Waals surface area contributed by atoms with Gasteiger partial charge < -0.3 is 28.4 Å². The summed E-state index contributed by atoms with van der Waals surface area (Å²) >= 11 is 0. The van der Waals surface area contributed by atoms with Crippen LogP contribution in [0, 0.1) is 0 Å². The summed E-state index contributed by atoms with van der Waals surface area (Å²) in [5.74, 6) is -4.32. The first-order chi connectivity index (χ1) is 14.6. The van der Waals surface area contributed by atoms with Crippen molar-refractivity contribution in [1.29, 1.82) is 0 Å². The Bertz CT molecular complexity index is 881. The summed E-state index contributed by atoms with van der Waals surface area (Å²) in [7, 11) is 0. The molecule has 5 atom stereocenters. The van der Waals surface area contributed by atoms with E-state index in [9.17, 15) is 19.2 Å². The molecule has 0 aliphatic carbocycles. The Morgan fingerprint density at radius 2 is 1.52 bits per heavy atom. The van der Waals surface area contributed by atoms with Crippen molar-refractivity contribution in [2.45, 2.75) is 64.5 Å². The first-order valence-electron chi connectivity index (χ1n) is 9.69. The first kappa shape index (κ1) is 22.7. The molecule has 2 heterocycles. The highest BCUT2D eigenvalue weighted by Crippen LogP contribution is 2.48. The average Bonchev–Trinajstić information content (AvgIpc) is 3.04. The van der Waals surface area contributed by atoms with Crippen LogP contribution in [0.2, 0.25) is 0 Å². The van der Waals surface area contributed by atoms with E-state index in [0.717, 1.165) is 5.56 Å². The van der Waals surface area contributed by atoms with Gasteiger partial charge in [0.05, 0.1) is 6.61 Å². The largest absolute Gasteiger partial charge is 0.463 e. The third kappa shape index (κ3) is 4.70. The van der Waals surface area contributed by atoms with Gasteiger partial charge in [0.15, 0.2) is 12.2 Å². The normalized spacial score (nSPS) is 29.0. The van der Waals surface area contributed by atoms with Gasteiger partial charge in [-0.2, -0.15) is 0 Å². The standard InChI is InChI=1S/C21H24O10/c1-11(22)26-10-17-18(28-12(2)23)19(29-13(3)24)20(30-14(4)25)21(31-17)16-8-6-5-7-15(16)9-27-21/h5-8,17-20H,9-10H2,1-4H3/t17-,18-,19+,20-,21+/m1/s1. The van der Waals surface area contributed by atoms with Crippen LogP contribution in [-0.4, -0.2) is 54.9 Å². The second-order valence-corrected chi connectivity index (χ2v) is 7.25. The van der Waals surface area contributed by atoms with Gasteiger partial charge in [-0.25, -0.2) is 0 Å². The summed E-state index contributed by atoms with van der Waals surface area (Å²) in [4.78, 5) is 47.1. The number of ether oxygens (including phenoxy) is 6. The van der Waals surface area contributed by atoms with Gasteiger partial charge in [0, 0.05) is 33.3 Å². The zero-order valence-corrected chi connectivity index (χ0v) is 17.6. The maximum atomic E-state index is 12.0. The van der Waals surface area contributed by atoms with Crippen molar-refractivity contribution in [3.8, 4) is 0 Å². The molecule has 2 aliphatic heterocycles. The molecule has 0 aromatic heterocycles. The fourth-order valence-electron chi connectivity index (χ4n) is 3.85. The number of hydrogen-bond acceptors (Lipinski definition) is 10. The predicted molar refractivity (Wildman–Crippen MR) is 101 cm³/mol. The number of benzene rings is 1. The molecule has 3 rings (SSSR count). The van der Waals surface area contributed by atoms with Gasteiger partial charge >= 0.3 is 23.9 Å². The third-order valence-corrected chi connectivity index (χ3v) is 4.87. The van der Waals surface area contributed by atoms with Crippen molar-refractivity contribution in [1.82, 2.24) is 0 Å². The molecule has 1 aromatic rings. The van der Waals surface area contributed by atoms with E-state index in [2.05, 4.69) is 0 Å². The minimum atomic E-state index is -1.66. The van der Waals surface area contributed by atoms with E-state index < -0.39 is 54.1 Å². The molecule has 0 amide bonds. The van der Waals surface area contributed by atoms with Crippen molar-refractivity contribution in [2.75, 3.05) is 6.61 Å². The highest BCUT2D eigenvalue weighted by atomic mass is 16.8. The molecule has 1 spiro atoms. The highest BCUT2D eigenvalue weighted by Gasteiger charge is 2.63. The minimum absolute atomic E-state index is 0.138. The summed E-state index contributed by atoms with van der Waals surface area (Å²) in [5, 5.41) is 0. The van der Waals surface area contributed by atoms with Gasteiger partial charge in [-0.15, -0.1) is 0 Å². The molecular weight excluding hydrogens is 412 g/mol. The van der Waals surface area contributed by atoms with Crippen molar-refractivity contribution >= 4 is 23.9 Å². The second-order valence-electron chi connectivity index (χ2n) is 7.25. The van der Waals surface area contributed by atoms with Crippen LogP contribution in [0.3, 0.4) is 0 Å². The summed E-state index contributed by atoms with van der Waals surface area (Å²) in [5.41, 5.74) is 1.34. The number of rotatable bonds is 5. The summed E-state index contributed by atoms with van der Waals surface area (Å²) in [6, 6.07) is 7.12. The van der Waals surface area contributed by atoms with E-state index in [1.165, 1.54) is 27.7 Å². The van der Waals surface area contributed by atoms with Gasteiger partial charge in [0.1, 0.15) is 12.7 Å².